The summed E-state index contributed by atoms with van der Waals surface area (Å²) in [6.45, 7) is 1.89. The Morgan fingerprint density at radius 2 is 1.82 bits per heavy atom. The van der Waals surface area contributed by atoms with E-state index in [2.05, 4.69) is 4.98 Å². The first-order chi connectivity index (χ1) is 15.9. The molecule has 0 radical (unpaired) electrons. The smallest absolute Gasteiger partial charge is 0.300 e. The number of aromatic nitrogens is 1. The fourth-order valence-corrected chi connectivity index (χ4v) is 4.15. The Morgan fingerprint density at radius 3 is 2.45 bits per heavy atom. The number of nitrogens with zero attached hydrogens (tertiary/aromatic N) is 2. The molecule has 0 saturated carbocycles. The topological polar surface area (TPSA) is 89.0 Å². The van der Waals surface area contributed by atoms with Crippen LogP contribution < -0.4 is 14.4 Å². The number of aryl methyl sites for hydroxylation is 1. The standard InChI is InChI=1S/C25H21ClN2O5/c1-14-6-4-8-16(10-14)28-22(15-7-5-9-27-13-15)21(24(30)25(28)31)23(29)17-11-20(33-3)18(26)12-19(17)32-2/h4-13,22,29H,1-3H3/b23-21+. The Balaban J connectivity index is 1.99. The maximum absolute atomic E-state index is 13.3. The zero-order valence-electron chi connectivity index (χ0n) is 18.2. The summed E-state index contributed by atoms with van der Waals surface area (Å²) >= 11 is 6.20. The van der Waals surface area contributed by atoms with E-state index in [0.29, 0.717) is 11.3 Å². The first-order valence-corrected chi connectivity index (χ1v) is 10.4. The van der Waals surface area contributed by atoms with Crippen molar-refractivity contribution < 1.29 is 24.2 Å². The number of halogens is 1. The van der Waals surface area contributed by atoms with E-state index in [1.165, 1.54) is 31.3 Å². The Morgan fingerprint density at radius 1 is 1.06 bits per heavy atom. The molecule has 1 saturated heterocycles. The molecule has 8 heteroatoms. The predicted molar refractivity (Wildman–Crippen MR) is 125 cm³/mol. The first-order valence-electron chi connectivity index (χ1n) is 10.1. The highest BCUT2D eigenvalue weighted by atomic mass is 35.5. The number of Topliss-reactive ketones (excluding diaryl/α,β-unsaturated/α-hetero) is 1. The molecule has 1 aliphatic rings. The van der Waals surface area contributed by atoms with Crippen molar-refractivity contribution in [3.8, 4) is 11.5 Å². The summed E-state index contributed by atoms with van der Waals surface area (Å²) in [5.74, 6) is -1.46. The van der Waals surface area contributed by atoms with E-state index < -0.39 is 23.5 Å². The number of carbonyl (C=O) groups is 2. The second kappa shape index (κ2) is 8.96. The lowest BCUT2D eigenvalue weighted by Gasteiger charge is -2.25. The van der Waals surface area contributed by atoms with E-state index >= 15 is 0 Å². The van der Waals surface area contributed by atoms with E-state index in [-0.39, 0.29) is 27.7 Å². The van der Waals surface area contributed by atoms with Crippen LogP contribution in [-0.4, -0.2) is 36.0 Å². The number of rotatable bonds is 5. The lowest BCUT2D eigenvalue weighted by Crippen LogP contribution is -2.29. The van der Waals surface area contributed by atoms with Gasteiger partial charge in [0.05, 0.1) is 36.4 Å². The van der Waals surface area contributed by atoms with Gasteiger partial charge in [0.2, 0.25) is 0 Å². The highest BCUT2D eigenvalue weighted by Crippen LogP contribution is 2.44. The fraction of sp³-hybridized carbons (Fsp3) is 0.160. The number of benzene rings is 2. The van der Waals surface area contributed by atoms with Gasteiger partial charge < -0.3 is 14.6 Å². The number of hydrogen-bond acceptors (Lipinski definition) is 6. The lowest BCUT2D eigenvalue weighted by atomic mass is 9.95. The summed E-state index contributed by atoms with van der Waals surface area (Å²) < 4.78 is 10.6. The van der Waals surface area contributed by atoms with E-state index in [4.69, 9.17) is 21.1 Å². The Labute approximate surface area is 195 Å². The van der Waals surface area contributed by atoms with Gasteiger partial charge >= 0.3 is 0 Å². The summed E-state index contributed by atoms with van der Waals surface area (Å²) in [4.78, 5) is 32.0. The van der Waals surface area contributed by atoms with E-state index in [9.17, 15) is 14.7 Å². The number of methoxy groups -OCH3 is 2. The molecule has 2 aromatic carbocycles. The molecule has 2 heterocycles. The van der Waals surface area contributed by atoms with Gasteiger partial charge in [-0.1, -0.05) is 29.8 Å². The van der Waals surface area contributed by atoms with Crippen molar-refractivity contribution in [2.45, 2.75) is 13.0 Å². The number of amides is 1. The van der Waals surface area contributed by atoms with Crippen molar-refractivity contribution in [2.24, 2.45) is 0 Å². The third kappa shape index (κ3) is 3.91. The quantitative estimate of drug-likeness (QED) is 0.335. The minimum absolute atomic E-state index is 0.0859. The van der Waals surface area contributed by atoms with Crippen molar-refractivity contribution in [3.63, 3.8) is 0 Å². The number of hydrogen-bond donors (Lipinski definition) is 1. The number of anilines is 1. The van der Waals surface area contributed by atoms with Gasteiger partial charge in [-0.15, -0.1) is 0 Å². The van der Waals surface area contributed by atoms with Gasteiger partial charge in [-0.3, -0.25) is 19.5 Å². The van der Waals surface area contributed by atoms with Crippen LogP contribution in [-0.2, 0) is 9.59 Å². The molecule has 1 amide bonds. The summed E-state index contributed by atoms with van der Waals surface area (Å²) in [5, 5.41) is 11.6. The van der Waals surface area contributed by atoms with E-state index in [1.54, 1.807) is 42.7 Å². The minimum Gasteiger partial charge on any atom is -0.507 e. The second-order valence-electron chi connectivity index (χ2n) is 7.48. The van der Waals surface area contributed by atoms with Crippen LogP contribution in [0.3, 0.4) is 0 Å². The van der Waals surface area contributed by atoms with Crippen molar-refractivity contribution in [1.29, 1.82) is 0 Å². The molecule has 3 aromatic rings. The van der Waals surface area contributed by atoms with E-state index in [1.807, 2.05) is 13.0 Å². The van der Waals surface area contributed by atoms with Gasteiger partial charge in [0.25, 0.3) is 11.7 Å². The maximum Gasteiger partial charge on any atom is 0.300 e. The molecule has 7 nitrogen and oxygen atoms in total. The molecule has 1 aromatic heterocycles. The van der Waals surface area contributed by atoms with Crippen molar-refractivity contribution in [1.82, 2.24) is 4.98 Å². The normalized spacial score (nSPS) is 17.3. The zero-order chi connectivity index (χ0) is 23.7. The zero-order valence-corrected chi connectivity index (χ0v) is 19.0. The van der Waals surface area contributed by atoms with Crippen LogP contribution in [0.15, 0.2) is 66.5 Å². The highest BCUT2D eigenvalue weighted by Gasteiger charge is 2.47. The van der Waals surface area contributed by atoms with Gasteiger partial charge in [0, 0.05) is 24.1 Å². The van der Waals surface area contributed by atoms with Crippen LogP contribution in [0.1, 0.15) is 22.7 Å². The monoisotopic (exact) mass is 464 g/mol. The Bertz CT molecular complexity index is 1270. The Kier molecular flexibility index (Phi) is 6.07. The van der Waals surface area contributed by atoms with Crippen LogP contribution >= 0.6 is 11.6 Å². The first kappa shape index (κ1) is 22.4. The molecule has 0 spiro atoms. The third-order valence-electron chi connectivity index (χ3n) is 5.45. The number of aliphatic hydroxyl groups excluding tert-OH is 1. The molecular weight excluding hydrogens is 444 g/mol. The third-order valence-corrected chi connectivity index (χ3v) is 5.75. The largest absolute Gasteiger partial charge is 0.507 e. The highest BCUT2D eigenvalue weighted by molar-refractivity contribution is 6.51. The van der Waals surface area contributed by atoms with Crippen molar-refractivity contribution in [3.05, 3.63) is 88.2 Å². The summed E-state index contributed by atoms with van der Waals surface area (Å²) in [6, 6.07) is 12.8. The number of ether oxygens (including phenoxy) is 2. The Hall–Kier alpha value is -3.84. The molecule has 1 fully saturated rings. The van der Waals surface area contributed by atoms with Gasteiger partial charge in [-0.2, -0.15) is 0 Å². The molecule has 1 aliphatic heterocycles. The molecule has 0 aliphatic carbocycles. The summed E-state index contributed by atoms with van der Waals surface area (Å²) in [5.41, 5.74) is 2.11. The van der Waals surface area contributed by atoms with Crippen LogP contribution in [0.4, 0.5) is 5.69 Å². The number of aliphatic hydroxyl groups is 1. The van der Waals surface area contributed by atoms with Crippen LogP contribution in [0, 0.1) is 6.92 Å². The van der Waals surface area contributed by atoms with Crippen LogP contribution in [0.2, 0.25) is 5.02 Å². The molecule has 4 rings (SSSR count). The van der Waals surface area contributed by atoms with Crippen LogP contribution in [0.5, 0.6) is 11.5 Å². The minimum atomic E-state index is -0.896. The summed E-state index contributed by atoms with van der Waals surface area (Å²) in [6.07, 6.45) is 3.15. The van der Waals surface area contributed by atoms with Crippen LogP contribution in [0.25, 0.3) is 5.76 Å². The number of carbonyl (C=O) groups excluding carboxylic acids is 2. The number of pyridine rings is 1. The SMILES string of the molecule is COc1cc(/C(O)=C2\C(=O)C(=O)N(c3cccc(C)c3)C2c2cccnc2)c(OC)cc1Cl. The average Bonchev–Trinajstić information content (AvgIpc) is 3.09. The average molecular weight is 465 g/mol. The van der Waals surface area contributed by atoms with Gasteiger partial charge in [-0.25, -0.2) is 0 Å². The predicted octanol–water partition coefficient (Wildman–Crippen LogP) is 4.69. The molecule has 33 heavy (non-hydrogen) atoms. The van der Waals surface area contributed by atoms with E-state index in [0.717, 1.165) is 5.56 Å². The molecule has 168 valence electrons. The molecule has 0 bridgehead atoms. The summed E-state index contributed by atoms with van der Waals surface area (Å²) in [7, 11) is 2.85. The lowest BCUT2D eigenvalue weighted by molar-refractivity contribution is -0.132. The van der Waals surface area contributed by atoms with Crippen molar-refractivity contribution in [2.75, 3.05) is 19.1 Å². The maximum atomic E-state index is 13.3. The van der Waals surface area contributed by atoms with Gasteiger partial charge in [0.1, 0.15) is 17.3 Å². The molecule has 1 N–H and O–H groups in total. The molecule has 1 atom stereocenters. The molecular formula is C25H21ClN2O5. The van der Waals surface area contributed by atoms with Gasteiger partial charge in [-0.05, 0) is 42.3 Å². The van der Waals surface area contributed by atoms with Crippen molar-refractivity contribution >= 4 is 34.7 Å². The number of ketones is 1. The molecule has 1 unspecified atom stereocenters. The van der Waals surface area contributed by atoms with Gasteiger partial charge in [0.15, 0.2) is 0 Å². The fourth-order valence-electron chi connectivity index (χ4n) is 3.92. The second-order valence-corrected chi connectivity index (χ2v) is 7.89.